The van der Waals surface area contributed by atoms with Crippen LogP contribution < -0.4 is 5.32 Å². The van der Waals surface area contributed by atoms with Crippen LogP contribution in [0.1, 0.15) is 18.9 Å². The minimum atomic E-state index is -0.594. The summed E-state index contributed by atoms with van der Waals surface area (Å²) >= 11 is 0. The van der Waals surface area contributed by atoms with Gasteiger partial charge < -0.3 is 20.1 Å². The fourth-order valence-corrected chi connectivity index (χ4v) is 3.58. The average Bonchev–Trinajstić information content (AvgIpc) is 3.37. The zero-order valence-electron chi connectivity index (χ0n) is 16.3. The highest BCUT2D eigenvalue weighted by atomic mass is 16.5. The molecule has 2 aliphatic rings. The van der Waals surface area contributed by atoms with Gasteiger partial charge in [-0.05, 0) is 18.9 Å². The van der Waals surface area contributed by atoms with Crippen molar-refractivity contribution in [3.63, 3.8) is 0 Å². The Kier molecular flexibility index (Phi) is 7.68. The lowest BCUT2D eigenvalue weighted by atomic mass is 10.2. The molecule has 2 heterocycles. The molecule has 0 saturated carbocycles. The molecule has 6 heteroatoms. The molecule has 1 aromatic carbocycles. The maximum atomic E-state index is 10.2. The van der Waals surface area contributed by atoms with Gasteiger partial charge in [0.1, 0.15) is 0 Å². The second kappa shape index (κ2) is 10.4. The lowest BCUT2D eigenvalue weighted by Crippen LogP contribution is -2.43. The first kappa shape index (κ1) is 19.9. The molecule has 0 spiro atoms. The molecular formula is C21H32N4O2. The van der Waals surface area contributed by atoms with E-state index in [1.807, 2.05) is 30.3 Å². The van der Waals surface area contributed by atoms with Gasteiger partial charge in [-0.3, -0.25) is 9.89 Å². The Balaban J connectivity index is 1.44. The van der Waals surface area contributed by atoms with Gasteiger partial charge in [-0.2, -0.15) is 0 Å². The molecule has 0 aromatic heterocycles. The number of aliphatic imine (C=N–C) groups is 1. The zero-order chi connectivity index (χ0) is 18.9. The Hall–Kier alpha value is -1.89. The van der Waals surface area contributed by atoms with Crippen LogP contribution in [0, 0.1) is 0 Å². The summed E-state index contributed by atoms with van der Waals surface area (Å²) in [5.74, 6) is 0.897. The summed E-state index contributed by atoms with van der Waals surface area (Å²) in [6, 6.07) is 10.6. The largest absolute Gasteiger partial charge is 0.389 e. The molecule has 1 fully saturated rings. The maximum Gasteiger partial charge on any atom is 0.194 e. The Morgan fingerprint density at radius 1 is 1.30 bits per heavy atom. The number of ether oxygens (including phenoxy) is 1. The van der Waals surface area contributed by atoms with E-state index in [-0.39, 0.29) is 0 Å². The number of hydrogen-bond acceptors (Lipinski definition) is 4. The van der Waals surface area contributed by atoms with Gasteiger partial charge in [0.25, 0.3) is 0 Å². The summed E-state index contributed by atoms with van der Waals surface area (Å²) < 4.78 is 5.62. The molecule has 2 unspecified atom stereocenters. The Bertz CT molecular complexity index is 612. The summed E-state index contributed by atoms with van der Waals surface area (Å²) in [5, 5.41) is 13.6. The van der Waals surface area contributed by atoms with E-state index in [9.17, 15) is 5.11 Å². The molecule has 6 nitrogen and oxygen atoms in total. The lowest BCUT2D eigenvalue weighted by Gasteiger charge is -2.25. The first-order valence-corrected chi connectivity index (χ1v) is 9.98. The van der Waals surface area contributed by atoms with Crippen LogP contribution in [0.15, 0.2) is 47.5 Å². The summed E-state index contributed by atoms with van der Waals surface area (Å²) in [6.07, 6.45) is 5.06. The van der Waals surface area contributed by atoms with E-state index in [1.54, 1.807) is 0 Å². The van der Waals surface area contributed by atoms with Crippen LogP contribution >= 0.6 is 0 Å². The van der Waals surface area contributed by atoms with Crippen molar-refractivity contribution in [2.24, 2.45) is 4.99 Å². The Morgan fingerprint density at radius 3 is 2.81 bits per heavy atom. The van der Waals surface area contributed by atoms with Crippen molar-refractivity contribution in [1.82, 2.24) is 15.1 Å². The minimum absolute atomic E-state index is 0.292. The number of benzene rings is 1. The number of rotatable bonds is 8. The normalized spacial score (nSPS) is 21.8. The lowest BCUT2D eigenvalue weighted by molar-refractivity contribution is 0.0330. The molecule has 0 aliphatic carbocycles. The smallest absolute Gasteiger partial charge is 0.194 e. The summed E-state index contributed by atoms with van der Waals surface area (Å²) in [6.45, 7) is 8.18. The Labute approximate surface area is 162 Å². The van der Waals surface area contributed by atoms with Gasteiger partial charge in [0.2, 0.25) is 0 Å². The SMILES string of the molecule is CCNC(=NCC(O)COCc1ccccc1)N1CCC(N2CC=CC2)C1. The monoisotopic (exact) mass is 372 g/mol. The fourth-order valence-electron chi connectivity index (χ4n) is 3.58. The first-order valence-electron chi connectivity index (χ1n) is 9.98. The molecule has 0 radical (unpaired) electrons. The van der Waals surface area contributed by atoms with Crippen LogP contribution in [0.3, 0.4) is 0 Å². The number of aliphatic hydroxyl groups excluding tert-OH is 1. The predicted octanol–water partition coefficient (Wildman–Crippen LogP) is 1.48. The molecule has 2 aliphatic heterocycles. The van der Waals surface area contributed by atoms with Gasteiger partial charge >= 0.3 is 0 Å². The van der Waals surface area contributed by atoms with Crippen LogP contribution in [0.25, 0.3) is 0 Å². The van der Waals surface area contributed by atoms with E-state index in [0.717, 1.165) is 50.7 Å². The highest BCUT2D eigenvalue weighted by molar-refractivity contribution is 5.80. The molecule has 1 saturated heterocycles. The number of nitrogens with zero attached hydrogens (tertiary/aromatic N) is 3. The van der Waals surface area contributed by atoms with Gasteiger partial charge in [0.15, 0.2) is 5.96 Å². The van der Waals surface area contributed by atoms with Crippen LogP contribution in [-0.4, -0.2) is 78.9 Å². The first-order chi connectivity index (χ1) is 13.3. The molecule has 0 bridgehead atoms. The fraction of sp³-hybridized carbons (Fsp3) is 0.571. The third-order valence-electron chi connectivity index (χ3n) is 5.03. The zero-order valence-corrected chi connectivity index (χ0v) is 16.3. The van der Waals surface area contributed by atoms with E-state index in [0.29, 0.717) is 25.8 Å². The third kappa shape index (κ3) is 6.06. The van der Waals surface area contributed by atoms with Crippen LogP contribution in [0.4, 0.5) is 0 Å². The Morgan fingerprint density at radius 2 is 2.07 bits per heavy atom. The third-order valence-corrected chi connectivity index (χ3v) is 5.03. The van der Waals surface area contributed by atoms with E-state index in [4.69, 9.17) is 4.74 Å². The molecule has 1 aromatic rings. The molecule has 27 heavy (non-hydrogen) atoms. The second-order valence-corrected chi connectivity index (χ2v) is 7.16. The summed E-state index contributed by atoms with van der Waals surface area (Å²) in [7, 11) is 0. The van der Waals surface area contributed by atoms with E-state index >= 15 is 0 Å². The average molecular weight is 373 g/mol. The van der Waals surface area contributed by atoms with Crippen molar-refractivity contribution in [1.29, 1.82) is 0 Å². The number of hydrogen-bond donors (Lipinski definition) is 2. The number of guanidine groups is 1. The van der Waals surface area contributed by atoms with E-state index in [1.165, 1.54) is 0 Å². The van der Waals surface area contributed by atoms with Crippen LogP contribution in [0.2, 0.25) is 0 Å². The van der Waals surface area contributed by atoms with Crippen molar-refractivity contribution in [2.45, 2.75) is 32.1 Å². The maximum absolute atomic E-state index is 10.2. The number of likely N-dealkylation sites (tertiary alicyclic amines) is 1. The summed E-state index contributed by atoms with van der Waals surface area (Å²) in [4.78, 5) is 9.47. The highest BCUT2D eigenvalue weighted by Gasteiger charge is 2.29. The quantitative estimate of drug-likeness (QED) is 0.411. The van der Waals surface area contributed by atoms with Gasteiger partial charge in [0, 0.05) is 38.8 Å². The number of aliphatic hydroxyl groups is 1. The molecule has 0 amide bonds. The molecule has 2 N–H and O–H groups in total. The molecule has 3 rings (SSSR count). The van der Waals surface area contributed by atoms with Crippen LogP contribution in [-0.2, 0) is 11.3 Å². The van der Waals surface area contributed by atoms with Crippen molar-refractivity contribution >= 4 is 5.96 Å². The minimum Gasteiger partial charge on any atom is -0.389 e. The van der Waals surface area contributed by atoms with Crippen molar-refractivity contribution in [3.05, 3.63) is 48.0 Å². The molecule has 148 valence electrons. The van der Waals surface area contributed by atoms with Gasteiger partial charge in [-0.1, -0.05) is 42.5 Å². The standard InChI is InChI=1S/C21H32N4O2/c1-2-22-21(25-13-10-19(15-25)24-11-6-7-12-24)23-14-20(26)17-27-16-18-8-4-3-5-9-18/h3-9,19-20,26H,2,10-17H2,1H3,(H,22,23). The second-order valence-electron chi connectivity index (χ2n) is 7.16. The molecule has 2 atom stereocenters. The highest BCUT2D eigenvalue weighted by Crippen LogP contribution is 2.18. The van der Waals surface area contributed by atoms with Gasteiger partial charge in [0.05, 0.1) is 25.9 Å². The summed E-state index contributed by atoms with van der Waals surface area (Å²) in [5.41, 5.74) is 1.11. The number of nitrogens with one attached hydrogen (secondary N) is 1. The van der Waals surface area contributed by atoms with E-state index in [2.05, 4.69) is 39.2 Å². The van der Waals surface area contributed by atoms with Crippen molar-refractivity contribution < 1.29 is 9.84 Å². The van der Waals surface area contributed by atoms with E-state index < -0.39 is 6.10 Å². The van der Waals surface area contributed by atoms with Crippen molar-refractivity contribution in [2.75, 3.05) is 45.9 Å². The topological polar surface area (TPSA) is 60.3 Å². The molecular weight excluding hydrogens is 340 g/mol. The van der Waals surface area contributed by atoms with Crippen molar-refractivity contribution in [3.8, 4) is 0 Å². The van der Waals surface area contributed by atoms with Gasteiger partial charge in [-0.25, -0.2) is 0 Å². The predicted molar refractivity (Wildman–Crippen MR) is 109 cm³/mol. The van der Waals surface area contributed by atoms with Crippen LogP contribution in [0.5, 0.6) is 0 Å². The van der Waals surface area contributed by atoms with Gasteiger partial charge in [-0.15, -0.1) is 0 Å².